The molecule has 0 saturated carbocycles. The van der Waals surface area contributed by atoms with Gasteiger partial charge in [-0.1, -0.05) is 18.2 Å². The monoisotopic (exact) mass is 305 g/mol. The van der Waals surface area contributed by atoms with Crippen LogP contribution in [0.3, 0.4) is 0 Å². The lowest BCUT2D eigenvalue weighted by atomic mass is 10.1. The van der Waals surface area contributed by atoms with E-state index in [1.807, 2.05) is 18.2 Å². The maximum Gasteiger partial charge on any atom is 0.317 e. The molecule has 1 atom stereocenters. The van der Waals surface area contributed by atoms with E-state index in [0.29, 0.717) is 13.1 Å². The number of nitrogens with zero attached hydrogens (tertiary/aromatic N) is 2. The minimum absolute atomic E-state index is 0.0461. The van der Waals surface area contributed by atoms with Crippen LogP contribution in [0.1, 0.15) is 25.7 Å². The number of hydrogen-bond donors (Lipinski definition) is 2. The van der Waals surface area contributed by atoms with E-state index in [0.717, 1.165) is 38.8 Å². The predicted molar refractivity (Wildman–Crippen MR) is 89.2 cm³/mol. The van der Waals surface area contributed by atoms with Crippen LogP contribution in [0, 0.1) is 0 Å². The average Bonchev–Trinajstić information content (AvgIpc) is 2.55. The lowest BCUT2D eigenvalue weighted by Crippen LogP contribution is -2.47. The molecule has 2 N–H and O–H groups in total. The van der Waals surface area contributed by atoms with E-state index < -0.39 is 0 Å². The second kappa shape index (κ2) is 8.63. The van der Waals surface area contributed by atoms with Gasteiger partial charge in [0.2, 0.25) is 0 Å². The van der Waals surface area contributed by atoms with Crippen LogP contribution in [0.2, 0.25) is 0 Å². The van der Waals surface area contributed by atoms with Crippen LogP contribution in [0.15, 0.2) is 30.3 Å². The van der Waals surface area contributed by atoms with E-state index in [9.17, 15) is 9.90 Å². The predicted octanol–water partition coefficient (Wildman–Crippen LogP) is 2.07. The van der Waals surface area contributed by atoms with Crippen molar-refractivity contribution in [2.75, 3.05) is 38.1 Å². The minimum Gasteiger partial charge on any atom is -0.391 e. The van der Waals surface area contributed by atoms with Crippen molar-refractivity contribution in [3.63, 3.8) is 0 Å². The van der Waals surface area contributed by atoms with Crippen LogP contribution in [0.4, 0.5) is 10.5 Å². The van der Waals surface area contributed by atoms with E-state index in [-0.39, 0.29) is 12.1 Å². The number of carbonyl (C=O) groups is 1. The van der Waals surface area contributed by atoms with Gasteiger partial charge < -0.3 is 20.2 Å². The highest BCUT2D eigenvalue weighted by Gasteiger charge is 2.21. The van der Waals surface area contributed by atoms with Gasteiger partial charge in [0, 0.05) is 38.9 Å². The minimum atomic E-state index is -0.362. The molecule has 5 heteroatoms. The summed E-state index contributed by atoms with van der Waals surface area (Å²) < 4.78 is 0. The van der Waals surface area contributed by atoms with E-state index in [2.05, 4.69) is 29.4 Å². The molecule has 122 valence electrons. The Morgan fingerprint density at radius 3 is 2.86 bits per heavy atom. The highest BCUT2D eigenvalue weighted by atomic mass is 16.3. The van der Waals surface area contributed by atoms with E-state index >= 15 is 0 Å². The third-order valence-corrected chi connectivity index (χ3v) is 4.08. The number of anilines is 1. The molecule has 2 amide bonds. The Balaban J connectivity index is 1.58. The van der Waals surface area contributed by atoms with Crippen LogP contribution in [0.25, 0.3) is 0 Å². The van der Waals surface area contributed by atoms with Crippen LogP contribution in [0.5, 0.6) is 0 Å². The second-order valence-electron chi connectivity index (χ2n) is 5.94. The van der Waals surface area contributed by atoms with Gasteiger partial charge in [-0.25, -0.2) is 4.79 Å². The van der Waals surface area contributed by atoms with Gasteiger partial charge in [-0.2, -0.15) is 0 Å². The number of rotatable bonds is 6. The van der Waals surface area contributed by atoms with E-state index in [4.69, 9.17) is 0 Å². The fourth-order valence-corrected chi connectivity index (χ4v) is 2.73. The molecular weight excluding hydrogens is 278 g/mol. The molecule has 0 spiro atoms. The van der Waals surface area contributed by atoms with Crippen molar-refractivity contribution >= 4 is 11.7 Å². The molecule has 22 heavy (non-hydrogen) atoms. The molecule has 1 saturated heterocycles. The molecule has 5 nitrogen and oxygen atoms in total. The van der Waals surface area contributed by atoms with Crippen molar-refractivity contribution in [1.29, 1.82) is 0 Å². The molecule has 1 fully saturated rings. The van der Waals surface area contributed by atoms with Crippen LogP contribution >= 0.6 is 0 Å². The molecule has 1 aromatic carbocycles. The number of piperidine rings is 1. The number of amides is 2. The fraction of sp³-hybridized carbons (Fsp3) is 0.588. The van der Waals surface area contributed by atoms with Crippen molar-refractivity contribution in [1.82, 2.24) is 10.2 Å². The van der Waals surface area contributed by atoms with Gasteiger partial charge in [0.25, 0.3) is 0 Å². The Hall–Kier alpha value is -1.75. The second-order valence-corrected chi connectivity index (χ2v) is 5.94. The third kappa shape index (κ3) is 5.22. The first-order valence-electron chi connectivity index (χ1n) is 8.14. The third-order valence-electron chi connectivity index (χ3n) is 4.08. The van der Waals surface area contributed by atoms with Crippen molar-refractivity contribution in [2.24, 2.45) is 0 Å². The lowest BCUT2D eigenvalue weighted by Gasteiger charge is -2.30. The molecule has 0 aromatic heterocycles. The molecule has 1 aliphatic heterocycles. The van der Waals surface area contributed by atoms with Crippen molar-refractivity contribution in [3.8, 4) is 0 Å². The highest BCUT2D eigenvalue weighted by Crippen LogP contribution is 2.12. The molecule has 1 aliphatic rings. The van der Waals surface area contributed by atoms with E-state index in [1.165, 1.54) is 5.69 Å². The van der Waals surface area contributed by atoms with Gasteiger partial charge in [-0.15, -0.1) is 0 Å². The average molecular weight is 305 g/mol. The summed E-state index contributed by atoms with van der Waals surface area (Å²) in [7, 11) is 2.09. The fourth-order valence-electron chi connectivity index (χ4n) is 2.73. The smallest absolute Gasteiger partial charge is 0.317 e. The first kappa shape index (κ1) is 16.6. The molecule has 0 aliphatic carbocycles. The summed E-state index contributed by atoms with van der Waals surface area (Å²) in [6.07, 6.45) is 3.32. The number of urea groups is 1. The Bertz CT molecular complexity index is 452. The Kier molecular flexibility index (Phi) is 6.52. The number of hydrogen-bond acceptors (Lipinski definition) is 3. The quantitative estimate of drug-likeness (QED) is 0.791. The summed E-state index contributed by atoms with van der Waals surface area (Å²) in [5, 5.41) is 12.5. The van der Waals surface area contributed by atoms with Gasteiger partial charge in [-0.05, 0) is 37.8 Å². The summed E-state index contributed by atoms with van der Waals surface area (Å²) in [4.78, 5) is 15.9. The summed E-state index contributed by atoms with van der Waals surface area (Å²) in [6, 6.07) is 10.3. The van der Waals surface area contributed by atoms with Gasteiger partial charge in [-0.3, -0.25) is 0 Å². The highest BCUT2D eigenvalue weighted by molar-refractivity contribution is 5.74. The van der Waals surface area contributed by atoms with Crippen LogP contribution in [-0.2, 0) is 0 Å². The summed E-state index contributed by atoms with van der Waals surface area (Å²) in [5.41, 5.74) is 1.22. The van der Waals surface area contributed by atoms with Gasteiger partial charge >= 0.3 is 6.03 Å². The van der Waals surface area contributed by atoms with Crippen LogP contribution in [-0.4, -0.2) is 55.4 Å². The number of aliphatic hydroxyl groups excluding tert-OH is 1. The van der Waals surface area contributed by atoms with Gasteiger partial charge in [0.1, 0.15) is 0 Å². The molecule has 0 radical (unpaired) electrons. The zero-order chi connectivity index (χ0) is 15.8. The number of β-amino-alcohol motifs (C(OH)–C–C–N with tert-alkyl or cyclic N) is 1. The largest absolute Gasteiger partial charge is 0.391 e. The van der Waals surface area contributed by atoms with Gasteiger partial charge in [0.15, 0.2) is 0 Å². The first-order valence-corrected chi connectivity index (χ1v) is 8.14. The Labute approximate surface area is 132 Å². The summed E-state index contributed by atoms with van der Waals surface area (Å²) in [5.74, 6) is 0. The lowest BCUT2D eigenvalue weighted by molar-refractivity contribution is 0.0843. The Morgan fingerprint density at radius 2 is 2.14 bits per heavy atom. The number of unbranched alkanes of at least 4 members (excludes halogenated alkanes) is 1. The number of para-hydroxylation sites is 1. The van der Waals surface area contributed by atoms with Crippen molar-refractivity contribution in [3.05, 3.63) is 30.3 Å². The molecule has 1 aromatic rings. The van der Waals surface area contributed by atoms with Crippen molar-refractivity contribution < 1.29 is 9.90 Å². The maximum atomic E-state index is 12.0. The van der Waals surface area contributed by atoms with Gasteiger partial charge in [0.05, 0.1) is 6.10 Å². The number of benzene rings is 1. The van der Waals surface area contributed by atoms with Crippen molar-refractivity contribution in [2.45, 2.75) is 31.8 Å². The number of carbonyl (C=O) groups excluding carboxylic acids is 1. The topological polar surface area (TPSA) is 55.8 Å². The number of likely N-dealkylation sites (tertiary alicyclic amines) is 1. The number of nitrogens with one attached hydrogen (secondary N) is 1. The molecule has 1 heterocycles. The zero-order valence-electron chi connectivity index (χ0n) is 13.4. The molecular formula is C17H27N3O2. The first-order chi connectivity index (χ1) is 10.7. The molecule has 2 rings (SSSR count). The maximum absolute atomic E-state index is 12.0. The Morgan fingerprint density at radius 1 is 1.36 bits per heavy atom. The van der Waals surface area contributed by atoms with E-state index in [1.54, 1.807) is 4.90 Å². The summed E-state index contributed by atoms with van der Waals surface area (Å²) in [6.45, 7) is 2.87. The number of aliphatic hydroxyl groups is 1. The van der Waals surface area contributed by atoms with Crippen LogP contribution < -0.4 is 10.2 Å². The standard InChI is InChI=1S/C17H27N3O2/c1-19(15-8-3-2-4-9-15)12-6-5-11-18-17(22)20-13-7-10-16(21)14-20/h2-4,8-9,16,21H,5-7,10-14H2,1H3,(H,18,22). The SMILES string of the molecule is CN(CCCCNC(=O)N1CCCC(O)C1)c1ccccc1. The molecule has 1 unspecified atom stereocenters. The molecule has 0 bridgehead atoms. The zero-order valence-corrected chi connectivity index (χ0v) is 13.4. The normalized spacial score (nSPS) is 18.1. The summed E-state index contributed by atoms with van der Waals surface area (Å²) >= 11 is 0.